The van der Waals surface area contributed by atoms with Crippen molar-refractivity contribution in [3.63, 3.8) is 0 Å². The van der Waals surface area contributed by atoms with Crippen LogP contribution in [0.15, 0.2) is 41.4 Å². The smallest absolute Gasteiger partial charge is 0.181 e. The van der Waals surface area contributed by atoms with Gasteiger partial charge in [0.05, 0.1) is 18.1 Å². The lowest BCUT2D eigenvalue weighted by atomic mass is 9.92. The first kappa shape index (κ1) is 15.0. The first-order valence-electron chi connectivity index (χ1n) is 8.17. The summed E-state index contributed by atoms with van der Waals surface area (Å²) in [7, 11) is 0. The van der Waals surface area contributed by atoms with Crippen LogP contribution in [0.2, 0.25) is 0 Å². The minimum Gasteiger partial charge on any atom is -0.444 e. The van der Waals surface area contributed by atoms with Crippen molar-refractivity contribution >= 4 is 16.7 Å². The standard InChI is InChI=1S/C18H18N4O2/c23-16(12-3-5-19-6-4-12)8-18-21-9-14-2-1-13(7-15(14)22-18)17-10-20-11-24-17/h1-2,7,9-12,19H,3-6,8H2. The zero-order valence-corrected chi connectivity index (χ0v) is 13.2. The molecule has 0 spiro atoms. The zero-order chi connectivity index (χ0) is 16.4. The predicted molar refractivity (Wildman–Crippen MR) is 89.3 cm³/mol. The summed E-state index contributed by atoms with van der Waals surface area (Å²) in [5, 5.41) is 4.22. The number of oxazole rings is 1. The Labute approximate surface area is 139 Å². The molecule has 6 heteroatoms. The summed E-state index contributed by atoms with van der Waals surface area (Å²) in [6.45, 7) is 1.82. The Kier molecular flexibility index (Phi) is 4.04. The monoisotopic (exact) mass is 322 g/mol. The molecule has 122 valence electrons. The summed E-state index contributed by atoms with van der Waals surface area (Å²) in [4.78, 5) is 25.3. The second-order valence-electron chi connectivity index (χ2n) is 6.09. The summed E-state index contributed by atoms with van der Waals surface area (Å²) in [6, 6.07) is 5.84. The zero-order valence-electron chi connectivity index (χ0n) is 13.2. The van der Waals surface area contributed by atoms with Crippen molar-refractivity contribution in [1.82, 2.24) is 20.3 Å². The number of nitrogens with zero attached hydrogens (tertiary/aromatic N) is 3. The topological polar surface area (TPSA) is 80.9 Å². The van der Waals surface area contributed by atoms with E-state index in [0.717, 1.165) is 42.4 Å². The maximum Gasteiger partial charge on any atom is 0.181 e. The SMILES string of the molecule is O=C(Cc1ncc2ccc(-c3cnco3)cc2n1)C1CCNCC1. The van der Waals surface area contributed by atoms with Gasteiger partial charge in [-0.3, -0.25) is 4.79 Å². The lowest BCUT2D eigenvalue weighted by molar-refractivity contribution is -0.123. The van der Waals surface area contributed by atoms with Gasteiger partial charge in [-0.05, 0) is 32.0 Å². The summed E-state index contributed by atoms with van der Waals surface area (Å²) in [5.41, 5.74) is 1.72. The van der Waals surface area contributed by atoms with Gasteiger partial charge >= 0.3 is 0 Å². The van der Waals surface area contributed by atoms with Crippen molar-refractivity contribution in [2.75, 3.05) is 13.1 Å². The van der Waals surface area contributed by atoms with Crippen molar-refractivity contribution in [2.24, 2.45) is 5.92 Å². The molecule has 1 aliphatic heterocycles. The van der Waals surface area contributed by atoms with Crippen LogP contribution in [0.25, 0.3) is 22.2 Å². The molecular weight excluding hydrogens is 304 g/mol. The number of carbonyl (C=O) groups excluding carboxylic acids is 1. The number of benzene rings is 1. The van der Waals surface area contributed by atoms with Crippen molar-refractivity contribution in [3.8, 4) is 11.3 Å². The molecule has 0 bridgehead atoms. The molecule has 1 saturated heterocycles. The molecular formula is C18H18N4O2. The molecule has 1 fully saturated rings. The van der Waals surface area contributed by atoms with Crippen LogP contribution >= 0.6 is 0 Å². The molecule has 0 atom stereocenters. The highest BCUT2D eigenvalue weighted by Crippen LogP contribution is 2.23. The molecule has 6 nitrogen and oxygen atoms in total. The number of piperidine rings is 1. The van der Waals surface area contributed by atoms with E-state index in [1.165, 1.54) is 6.39 Å². The number of rotatable bonds is 4. The molecule has 3 aromatic rings. The average Bonchev–Trinajstić information content (AvgIpc) is 3.16. The molecule has 0 amide bonds. The number of carbonyl (C=O) groups is 1. The Hall–Kier alpha value is -2.60. The van der Waals surface area contributed by atoms with Gasteiger partial charge < -0.3 is 9.73 Å². The number of ketones is 1. The van der Waals surface area contributed by atoms with Gasteiger partial charge in [0.1, 0.15) is 11.6 Å². The third-order valence-corrected chi connectivity index (χ3v) is 4.48. The molecule has 1 N–H and O–H groups in total. The van der Waals surface area contributed by atoms with Gasteiger partial charge in [-0.2, -0.15) is 0 Å². The van der Waals surface area contributed by atoms with E-state index in [1.54, 1.807) is 12.4 Å². The van der Waals surface area contributed by atoms with Crippen molar-refractivity contribution in [3.05, 3.63) is 42.8 Å². The minimum atomic E-state index is 0.131. The quantitative estimate of drug-likeness (QED) is 0.794. The fourth-order valence-corrected chi connectivity index (χ4v) is 3.10. The van der Waals surface area contributed by atoms with Crippen LogP contribution in [0.5, 0.6) is 0 Å². The summed E-state index contributed by atoms with van der Waals surface area (Å²) in [6.07, 6.45) is 6.96. The number of nitrogens with one attached hydrogen (secondary N) is 1. The average molecular weight is 322 g/mol. The third kappa shape index (κ3) is 3.05. The summed E-state index contributed by atoms with van der Waals surface area (Å²) >= 11 is 0. The van der Waals surface area contributed by atoms with Crippen molar-refractivity contribution in [2.45, 2.75) is 19.3 Å². The van der Waals surface area contributed by atoms with Gasteiger partial charge in [-0.15, -0.1) is 0 Å². The first-order valence-corrected chi connectivity index (χ1v) is 8.17. The van der Waals surface area contributed by atoms with Gasteiger partial charge in [0.25, 0.3) is 0 Å². The van der Waals surface area contributed by atoms with Gasteiger partial charge in [0.2, 0.25) is 0 Å². The third-order valence-electron chi connectivity index (χ3n) is 4.48. The number of Topliss-reactive ketones (excluding diaryl/α,β-unsaturated/α-hetero) is 1. The van der Waals surface area contributed by atoms with Crippen LogP contribution in [-0.2, 0) is 11.2 Å². The molecule has 24 heavy (non-hydrogen) atoms. The number of hydrogen-bond donors (Lipinski definition) is 1. The number of aromatic nitrogens is 3. The summed E-state index contributed by atoms with van der Waals surface area (Å²) < 4.78 is 5.33. The molecule has 1 aliphatic rings. The number of fused-ring (bicyclic) bond motifs is 1. The van der Waals surface area contributed by atoms with Crippen LogP contribution < -0.4 is 5.32 Å². The Morgan fingerprint density at radius 3 is 2.92 bits per heavy atom. The fraction of sp³-hybridized carbons (Fsp3) is 0.333. The van der Waals surface area contributed by atoms with E-state index in [1.807, 2.05) is 18.2 Å². The van der Waals surface area contributed by atoms with E-state index in [9.17, 15) is 4.79 Å². The van der Waals surface area contributed by atoms with Crippen LogP contribution in [0.4, 0.5) is 0 Å². The molecule has 3 heterocycles. The van der Waals surface area contributed by atoms with E-state index in [0.29, 0.717) is 18.0 Å². The van der Waals surface area contributed by atoms with Crippen LogP contribution in [0.1, 0.15) is 18.7 Å². The first-order chi connectivity index (χ1) is 11.8. The lowest BCUT2D eigenvalue weighted by Gasteiger charge is -2.21. The fourth-order valence-electron chi connectivity index (χ4n) is 3.10. The Bertz CT molecular complexity index is 855. The van der Waals surface area contributed by atoms with Crippen LogP contribution in [0, 0.1) is 5.92 Å². The highest BCUT2D eigenvalue weighted by molar-refractivity contribution is 5.85. The molecule has 0 radical (unpaired) electrons. The molecule has 0 aliphatic carbocycles. The number of hydrogen-bond acceptors (Lipinski definition) is 6. The Morgan fingerprint density at radius 1 is 1.25 bits per heavy atom. The van der Waals surface area contributed by atoms with Gasteiger partial charge in [-0.25, -0.2) is 15.0 Å². The van der Waals surface area contributed by atoms with Crippen molar-refractivity contribution < 1.29 is 9.21 Å². The van der Waals surface area contributed by atoms with Gasteiger partial charge in [0.15, 0.2) is 12.2 Å². The highest BCUT2D eigenvalue weighted by atomic mass is 16.3. The van der Waals surface area contributed by atoms with Gasteiger partial charge in [0, 0.05) is 23.1 Å². The van der Waals surface area contributed by atoms with E-state index in [4.69, 9.17) is 4.42 Å². The van der Waals surface area contributed by atoms with Crippen molar-refractivity contribution in [1.29, 1.82) is 0 Å². The Balaban J connectivity index is 1.58. The molecule has 4 rings (SSSR count). The predicted octanol–water partition coefficient (Wildman–Crippen LogP) is 2.40. The largest absolute Gasteiger partial charge is 0.444 e. The molecule has 1 aromatic carbocycles. The van der Waals surface area contributed by atoms with Crippen LogP contribution in [0.3, 0.4) is 0 Å². The van der Waals surface area contributed by atoms with Gasteiger partial charge in [-0.1, -0.05) is 12.1 Å². The minimum absolute atomic E-state index is 0.131. The molecule has 0 saturated carbocycles. The van der Waals surface area contributed by atoms with E-state index in [-0.39, 0.29) is 11.7 Å². The summed E-state index contributed by atoms with van der Waals surface area (Å²) in [5.74, 6) is 1.65. The van der Waals surface area contributed by atoms with E-state index in [2.05, 4.69) is 20.3 Å². The second kappa shape index (κ2) is 6.49. The van der Waals surface area contributed by atoms with E-state index < -0.39 is 0 Å². The second-order valence-corrected chi connectivity index (χ2v) is 6.09. The normalized spacial score (nSPS) is 15.7. The Morgan fingerprint density at radius 2 is 2.12 bits per heavy atom. The highest BCUT2D eigenvalue weighted by Gasteiger charge is 2.21. The van der Waals surface area contributed by atoms with Crippen LogP contribution in [-0.4, -0.2) is 33.8 Å². The molecule has 2 aromatic heterocycles. The molecule has 0 unspecified atom stereocenters. The maximum atomic E-state index is 12.4. The maximum absolute atomic E-state index is 12.4. The van der Waals surface area contributed by atoms with E-state index >= 15 is 0 Å². The lowest BCUT2D eigenvalue weighted by Crippen LogP contribution is -2.32.